The molecule has 0 aromatic rings. The molecule has 0 aromatic heterocycles. The zero-order chi connectivity index (χ0) is 13.8. The fraction of sp³-hybridized carbons (Fsp3) is 0.400. The highest BCUT2D eigenvalue weighted by Gasteiger charge is 2.57. The quantitative estimate of drug-likeness (QED) is 0.526. The number of hydrogen-bond acceptors (Lipinski definition) is 4. The predicted molar refractivity (Wildman–Crippen MR) is 67.0 cm³/mol. The molecule has 0 N–H and O–H groups in total. The van der Waals surface area contributed by atoms with Crippen LogP contribution in [0.25, 0.3) is 0 Å². The van der Waals surface area contributed by atoms with E-state index in [0.717, 1.165) is 5.57 Å². The van der Waals surface area contributed by atoms with Crippen molar-refractivity contribution in [2.45, 2.75) is 19.4 Å². The molecule has 4 heteroatoms. The molecular weight excluding hydrogens is 244 g/mol. The van der Waals surface area contributed by atoms with Crippen LogP contribution in [0, 0.1) is 17.8 Å². The lowest BCUT2D eigenvalue weighted by Gasteiger charge is -2.49. The molecular formula is C15H14O4. The lowest BCUT2D eigenvalue weighted by Crippen LogP contribution is -2.56. The van der Waals surface area contributed by atoms with Crippen LogP contribution in [0.3, 0.4) is 0 Å². The Morgan fingerprint density at radius 1 is 1.26 bits per heavy atom. The van der Waals surface area contributed by atoms with Crippen molar-refractivity contribution in [2.75, 3.05) is 0 Å². The van der Waals surface area contributed by atoms with Gasteiger partial charge in [0.05, 0.1) is 5.92 Å². The Kier molecular flexibility index (Phi) is 2.39. The molecule has 0 aliphatic heterocycles. The van der Waals surface area contributed by atoms with Crippen molar-refractivity contribution in [2.24, 2.45) is 17.8 Å². The SMILES string of the molecule is CC(=O)OC12C=CC(C(C)=C1)C1C(=O)C=CC(=O)C12. The first-order chi connectivity index (χ1) is 8.94. The van der Waals surface area contributed by atoms with E-state index in [0.29, 0.717) is 0 Å². The third kappa shape index (κ3) is 1.56. The van der Waals surface area contributed by atoms with Crippen LogP contribution in [-0.4, -0.2) is 23.1 Å². The van der Waals surface area contributed by atoms with Gasteiger partial charge in [-0.2, -0.15) is 0 Å². The molecule has 4 nitrogen and oxygen atoms in total. The number of hydrogen-bond donors (Lipinski definition) is 0. The summed E-state index contributed by atoms with van der Waals surface area (Å²) in [6.45, 7) is 3.21. The summed E-state index contributed by atoms with van der Waals surface area (Å²) in [6, 6.07) is 0. The fourth-order valence-corrected chi connectivity index (χ4v) is 3.49. The van der Waals surface area contributed by atoms with Crippen molar-refractivity contribution < 1.29 is 19.1 Å². The number of rotatable bonds is 1. The second kappa shape index (κ2) is 3.76. The van der Waals surface area contributed by atoms with Crippen molar-refractivity contribution in [1.82, 2.24) is 0 Å². The van der Waals surface area contributed by atoms with Gasteiger partial charge in [0.25, 0.3) is 0 Å². The van der Waals surface area contributed by atoms with Crippen molar-refractivity contribution in [1.29, 1.82) is 0 Å². The van der Waals surface area contributed by atoms with Gasteiger partial charge in [0.15, 0.2) is 17.2 Å². The van der Waals surface area contributed by atoms with E-state index >= 15 is 0 Å². The van der Waals surface area contributed by atoms with Crippen LogP contribution in [0.2, 0.25) is 0 Å². The molecule has 4 atom stereocenters. The third-order valence-electron chi connectivity index (χ3n) is 4.14. The molecule has 0 heterocycles. The molecule has 2 bridgehead atoms. The summed E-state index contributed by atoms with van der Waals surface area (Å²) in [5, 5.41) is 0. The zero-order valence-corrected chi connectivity index (χ0v) is 10.8. The topological polar surface area (TPSA) is 60.4 Å². The summed E-state index contributed by atoms with van der Waals surface area (Å²) in [4.78, 5) is 35.6. The molecule has 0 saturated carbocycles. The molecule has 19 heavy (non-hydrogen) atoms. The van der Waals surface area contributed by atoms with Crippen LogP contribution in [0.4, 0.5) is 0 Å². The van der Waals surface area contributed by atoms with Gasteiger partial charge >= 0.3 is 5.97 Å². The second-order valence-corrected chi connectivity index (χ2v) is 5.36. The van der Waals surface area contributed by atoms with Crippen molar-refractivity contribution in [3.63, 3.8) is 0 Å². The summed E-state index contributed by atoms with van der Waals surface area (Å²) in [7, 11) is 0. The minimum atomic E-state index is -1.09. The van der Waals surface area contributed by atoms with Gasteiger partial charge in [-0.3, -0.25) is 14.4 Å². The van der Waals surface area contributed by atoms with E-state index in [1.54, 1.807) is 6.08 Å². The summed E-state index contributed by atoms with van der Waals surface area (Å²) in [6.07, 6.45) is 8.07. The average Bonchev–Trinajstić information content (AvgIpc) is 2.32. The summed E-state index contributed by atoms with van der Waals surface area (Å²) in [5.74, 6) is -1.79. The minimum Gasteiger partial charge on any atom is -0.450 e. The van der Waals surface area contributed by atoms with E-state index in [-0.39, 0.29) is 17.5 Å². The maximum Gasteiger partial charge on any atom is 0.303 e. The molecule has 4 unspecified atom stereocenters. The molecule has 0 amide bonds. The largest absolute Gasteiger partial charge is 0.450 e. The number of ketones is 2. The van der Waals surface area contributed by atoms with Crippen molar-refractivity contribution >= 4 is 17.5 Å². The first-order valence-electron chi connectivity index (χ1n) is 6.29. The standard InChI is InChI=1S/C15H14O4/c1-8-7-15(19-9(2)16)6-5-10(8)13-11(17)3-4-12(18)14(13)15/h3-7,10,13-14H,1-2H3. The molecule has 0 aromatic carbocycles. The van der Waals surface area contributed by atoms with Crippen molar-refractivity contribution in [3.05, 3.63) is 36.0 Å². The van der Waals surface area contributed by atoms with Crippen LogP contribution in [0.1, 0.15) is 13.8 Å². The van der Waals surface area contributed by atoms with Gasteiger partial charge in [-0.15, -0.1) is 0 Å². The Labute approximate surface area is 110 Å². The van der Waals surface area contributed by atoms with Gasteiger partial charge in [0.2, 0.25) is 0 Å². The highest BCUT2D eigenvalue weighted by atomic mass is 16.6. The number of carbonyl (C=O) groups excluding carboxylic acids is 3. The third-order valence-corrected chi connectivity index (χ3v) is 4.14. The van der Waals surface area contributed by atoms with Gasteiger partial charge in [-0.1, -0.05) is 11.6 Å². The lowest BCUT2D eigenvalue weighted by atomic mass is 9.57. The Morgan fingerprint density at radius 2 is 1.95 bits per heavy atom. The number of carbonyl (C=O) groups is 3. The monoisotopic (exact) mass is 258 g/mol. The molecule has 4 rings (SSSR count). The van der Waals surface area contributed by atoms with E-state index in [1.165, 1.54) is 19.1 Å². The Morgan fingerprint density at radius 3 is 2.58 bits per heavy atom. The normalized spacial score (nSPS) is 39.1. The maximum atomic E-state index is 12.2. The zero-order valence-electron chi connectivity index (χ0n) is 10.8. The minimum absolute atomic E-state index is 0.0659. The second-order valence-electron chi connectivity index (χ2n) is 5.36. The molecule has 4 aliphatic carbocycles. The highest BCUT2D eigenvalue weighted by Crippen LogP contribution is 2.50. The van der Waals surface area contributed by atoms with Gasteiger partial charge in [0, 0.05) is 18.8 Å². The summed E-state index contributed by atoms with van der Waals surface area (Å²) < 4.78 is 5.42. The Bertz CT molecular complexity index is 581. The molecule has 4 aliphatic rings. The van der Waals surface area contributed by atoms with Gasteiger partial charge in [-0.25, -0.2) is 0 Å². The van der Waals surface area contributed by atoms with Gasteiger partial charge in [-0.05, 0) is 31.2 Å². The highest BCUT2D eigenvalue weighted by molar-refractivity contribution is 6.09. The molecule has 0 saturated heterocycles. The van der Waals surface area contributed by atoms with Crippen LogP contribution in [0.15, 0.2) is 36.0 Å². The molecule has 98 valence electrons. The number of esters is 1. The van der Waals surface area contributed by atoms with Crippen LogP contribution in [0.5, 0.6) is 0 Å². The first-order valence-corrected chi connectivity index (χ1v) is 6.29. The smallest absolute Gasteiger partial charge is 0.303 e. The van der Waals surface area contributed by atoms with Crippen LogP contribution in [-0.2, 0) is 19.1 Å². The average molecular weight is 258 g/mol. The lowest BCUT2D eigenvalue weighted by molar-refractivity contribution is -0.161. The number of ether oxygens (including phenoxy) is 1. The summed E-state index contributed by atoms with van der Waals surface area (Å²) >= 11 is 0. The fourth-order valence-electron chi connectivity index (χ4n) is 3.49. The Hall–Kier alpha value is -1.97. The van der Waals surface area contributed by atoms with E-state index in [4.69, 9.17) is 4.74 Å². The molecule has 0 spiro atoms. The Balaban J connectivity index is 2.17. The van der Waals surface area contributed by atoms with Crippen LogP contribution < -0.4 is 0 Å². The number of allylic oxidation sites excluding steroid dienone is 4. The van der Waals surface area contributed by atoms with Crippen LogP contribution >= 0.6 is 0 Å². The predicted octanol–water partition coefficient (Wildman–Crippen LogP) is 1.37. The van der Waals surface area contributed by atoms with E-state index < -0.39 is 23.4 Å². The van der Waals surface area contributed by atoms with Crippen molar-refractivity contribution in [3.8, 4) is 0 Å². The maximum absolute atomic E-state index is 12.2. The van der Waals surface area contributed by atoms with E-state index in [2.05, 4.69) is 0 Å². The van der Waals surface area contributed by atoms with E-state index in [1.807, 2.05) is 19.1 Å². The molecule has 0 radical (unpaired) electrons. The first kappa shape index (κ1) is 12.1. The molecule has 0 fully saturated rings. The van der Waals surface area contributed by atoms with Gasteiger partial charge in [0.1, 0.15) is 0 Å². The van der Waals surface area contributed by atoms with Gasteiger partial charge < -0.3 is 4.74 Å². The summed E-state index contributed by atoms with van der Waals surface area (Å²) in [5.41, 5.74) is -0.117. The van der Waals surface area contributed by atoms with E-state index in [9.17, 15) is 14.4 Å².